The van der Waals surface area contributed by atoms with E-state index < -0.39 is 36.7 Å². The maximum Gasteiger partial charge on any atom is 5.00 e. The van der Waals surface area contributed by atoms with E-state index >= 15 is 0 Å². The quantitative estimate of drug-likeness (QED) is 0.274. The number of rotatable bonds is 0. The zero-order chi connectivity index (χ0) is 14.3. The van der Waals surface area contributed by atoms with Gasteiger partial charge in [-0.3, -0.25) is 0 Å². The van der Waals surface area contributed by atoms with E-state index in [1.54, 1.807) is 0 Å². The summed E-state index contributed by atoms with van der Waals surface area (Å²) in [6.45, 7) is 0. The summed E-state index contributed by atoms with van der Waals surface area (Å²) in [7, 11) is -14.5. The van der Waals surface area contributed by atoms with Gasteiger partial charge in [0.25, 0.3) is 0 Å². The van der Waals surface area contributed by atoms with Crippen LogP contribution >= 0.6 is 0 Å². The van der Waals surface area contributed by atoms with E-state index in [2.05, 4.69) is 0 Å². The van der Waals surface area contributed by atoms with Crippen LogP contribution in [0.5, 0.6) is 0 Å². The van der Waals surface area contributed by atoms with Gasteiger partial charge in [-0.25, -0.2) is 0 Å². The maximum atomic E-state index is 8.52. The average Bonchev–Trinajstić information content (AvgIpc) is 1.76. The molecule has 18 heavy (non-hydrogen) atoms. The minimum Gasteiger partial charge on any atom is -0.672 e. The molecule has 0 amide bonds. The Labute approximate surface area is 132 Å². The van der Waals surface area contributed by atoms with Crippen LogP contribution in [0.1, 0.15) is 0 Å². The summed E-state index contributed by atoms with van der Waals surface area (Å²) in [6.07, 6.45) is 0. The first-order chi connectivity index (χ1) is 6.93. The van der Waals surface area contributed by atoms with Gasteiger partial charge in [0.15, 0.2) is 0 Å². The van der Waals surface area contributed by atoms with Gasteiger partial charge in [0.05, 0.1) is 0 Å². The van der Waals surface area contributed by atoms with Crippen LogP contribution in [0.15, 0.2) is 0 Å². The van der Waals surface area contributed by atoms with Gasteiger partial charge in [0.1, 0.15) is 0 Å². The van der Waals surface area contributed by atoms with Crippen molar-refractivity contribution >= 4 is 54.0 Å². The molecule has 0 saturated carbocycles. The Morgan fingerprint density at radius 2 is 0.444 bits per heavy atom. The van der Waals surface area contributed by atoms with Crippen molar-refractivity contribution in [2.45, 2.75) is 0 Å². The van der Waals surface area contributed by atoms with Crippen molar-refractivity contribution in [1.29, 1.82) is 0 Å². The molecule has 0 aromatic carbocycles. The van der Waals surface area contributed by atoms with Gasteiger partial charge < -0.3 is 56.2 Å². The molecule has 96 valence electrons. The van der Waals surface area contributed by atoms with Crippen molar-refractivity contribution in [3.8, 4) is 0 Å². The fourth-order valence-electron chi connectivity index (χ4n) is 0. The molecule has 18 heteroatoms. The van der Waals surface area contributed by atoms with E-state index in [4.69, 9.17) is 56.2 Å². The number of hydrogen-bond donors (Lipinski definition) is 0. The van der Waals surface area contributed by atoms with Crippen LogP contribution in [0.4, 0.5) is 0 Å². The molecule has 0 aliphatic rings. The molecule has 0 aromatic rings. The molecule has 0 spiro atoms. The molecule has 0 saturated heterocycles. The van der Waals surface area contributed by atoms with Crippen molar-refractivity contribution in [2.24, 2.45) is 0 Å². The van der Waals surface area contributed by atoms with E-state index in [-0.39, 0.29) is 39.7 Å². The van der Waals surface area contributed by atoms with E-state index in [9.17, 15) is 0 Å². The van der Waals surface area contributed by atoms with Gasteiger partial charge in [0, 0.05) is 36.7 Å². The van der Waals surface area contributed by atoms with Gasteiger partial charge in [-0.2, -0.15) is 0 Å². The standard InChI is InChI=1S/Al.4O3Si.Ta/c;4*1-4(2)3;/q+3;4*-2;+5. The molecule has 0 N–H and O–H groups in total. The molecule has 0 radical (unpaired) electrons. The second-order valence-corrected chi connectivity index (χ2v) is 3.00. The van der Waals surface area contributed by atoms with E-state index in [0.29, 0.717) is 0 Å². The molecule has 0 aromatic heterocycles. The molecule has 0 aliphatic carbocycles. The Morgan fingerprint density at radius 1 is 0.444 bits per heavy atom. The molecular weight excluding hydrogens is 512 g/mol. The van der Waals surface area contributed by atoms with Gasteiger partial charge in [-0.1, -0.05) is 0 Å². The first-order valence-electron chi connectivity index (χ1n) is 2.45. The minimum absolute atomic E-state index is 0. The van der Waals surface area contributed by atoms with Gasteiger partial charge in [-0.15, -0.1) is 0 Å². The zero-order valence-electron chi connectivity index (χ0n) is 7.92. The molecular formula is AlO12Si4Ta. The summed E-state index contributed by atoms with van der Waals surface area (Å²) in [6, 6.07) is 0. The predicted octanol–water partition coefficient (Wildman–Crippen LogP) is -11.9. The summed E-state index contributed by atoms with van der Waals surface area (Å²) >= 11 is 0. The molecule has 0 atom stereocenters. The Bertz CT molecular complexity index is 164. The van der Waals surface area contributed by atoms with Crippen molar-refractivity contribution in [3.63, 3.8) is 0 Å². The Balaban J connectivity index is -0.0000000257. The third-order valence-corrected chi connectivity index (χ3v) is 0. The summed E-state index contributed by atoms with van der Waals surface area (Å²) in [5.74, 6) is 0. The topological polar surface area (TPSA) is 253 Å². The van der Waals surface area contributed by atoms with Crippen molar-refractivity contribution in [2.75, 3.05) is 0 Å². The molecule has 0 heterocycles. The van der Waals surface area contributed by atoms with Gasteiger partial charge in [-0.05, 0) is 0 Å². The zero-order valence-corrected chi connectivity index (χ0v) is 16.3. The molecule has 0 unspecified atom stereocenters. The van der Waals surface area contributed by atoms with E-state index in [0.717, 1.165) is 0 Å². The molecule has 0 bridgehead atoms. The maximum absolute atomic E-state index is 8.52. The van der Waals surface area contributed by atoms with E-state index in [1.165, 1.54) is 0 Å². The van der Waals surface area contributed by atoms with Crippen LogP contribution in [0, 0.1) is 0 Å². The third kappa shape index (κ3) is 50700. The van der Waals surface area contributed by atoms with Crippen molar-refractivity contribution < 1.29 is 78.6 Å². The largest absolute Gasteiger partial charge is 5.00 e. The summed E-state index contributed by atoms with van der Waals surface area (Å²) in [5.41, 5.74) is 0. The Morgan fingerprint density at radius 3 is 0.444 bits per heavy atom. The Kier molecular flexibility index (Phi) is 60.3. The van der Waals surface area contributed by atoms with Gasteiger partial charge in [0.2, 0.25) is 0 Å². The SMILES string of the molecule is O=[Si]([O-])[O-].O=[Si]([O-])[O-].O=[Si]([O-])[O-].O=[Si]([O-])[O-].[Al+3].[Ta+5]. The molecule has 0 aliphatic heterocycles. The predicted molar refractivity (Wildman–Crippen MR) is 31.5 cm³/mol. The minimum atomic E-state index is -3.63. The second kappa shape index (κ2) is 30.1. The average molecular weight is 512 g/mol. The first-order valence-corrected chi connectivity index (χ1v) is 7.35. The summed E-state index contributed by atoms with van der Waals surface area (Å²) in [5, 5.41) is 0. The number of hydrogen-bond acceptors (Lipinski definition) is 12. The van der Waals surface area contributed by atoms with Crippen LogP contribution in [-0.2, 0) is 40.2 Å². The second-order valence-electron chi connectivity index (χ2n) is 1.00. The van der Waals surface area contributed by atoms with Crippen LogP contribution in [0.2, 0.25) is 0 Å². The monoisotopic (exact) mass is 512 g/mol. The fraction of sp³-hybridized carbons (Fsp3) is 0. The third-order valence-electron chi connectivity index (χ3n) is 0. The van der Waals surface area contributed by atoms with Crippen LogP contribution in [-0.4, -0.2) is 54.0 Å². The normalized spacial score (nSPS) is 5.33. The van der Waals surface area contributed by atoms with Crippen LogP contribution < -0.4 is 38.4 Å². The van der Waals surface area contributed by atoms with E-state index in [1.807, 2.05) is 0 Å². The summed E-state index contributed by atoms with van der Waals surface area (Å²) in [4.78, 5) is 68.1. The first kappa shape index (κ1) is 36.1. The van der Waals surface area contributed by atoms with Crippen molar-refractivity contribution in [1.82, 2.24) is 0 Å². The molecule has 12 nitrogen and oxygen atoms in total. The van der Waals surface area contributed by atoms with Crippen molar-refractivity contribution in [3.05, 3.63) is 0 Å². The molecule has 0 rings (SSSR count). The van der Waals surface area contributed by atoms with Gasteiger partial charge >= 0.3 is 39.7 Å². The fourth-order valence-corrected chi connectivity index (χ4v) is 0. The summed E-state index contributed by atoms with van der Waals surface area (Å²) < 4.78 is 34.1. The van der Waals surface area contributed by atoms with Crippen LogP contribution in [0.25, 0.3) is 0 Å². The smallest absolute Gasteiger partial charge is 0.672 e. The van der Waals surface area contributed by atoms with Crippen LogP contribution in [0.3, 0.4) is 0 Å². The molecule has 0 fully saturated rings. The Hall–Kier alpha value is -0.260.